The summed E-state index contributed by atoms with van der Waals surface area (Å²) in [7, 11) is 0. The molecule has 0 aliphatic heterocycles. The highest BCUT2D eigenvalue weighted by atomic mass is 19.1. The molecule has 96 valence electrons. The summed E-state index contributed by atoms with van der Waals surface area (Å²) in [5.41, 5.74) is 4.12. The van der Waals surface area contributed by atoms with Gasteiger partial charge in [0.2, 0.25) is 0 Å². The number of imidazole rings is 1. The molecular formula is C14H18FN3. The predicted molar refractivity (Wildman–Crippen MR) is 71.5 cm³/mol. The Kier molecular flexibility index (Phi) is 3.97. The molecule has 0 radical (unpaired) electrons. The monoisotopic (exact) mass is 247 g/mol. The largest absolute Gasteiger partial charge is 0.378 e. The van der Waals surface area contributed by atoms with Crippen molar-refractivity contribution in [1.29, 1.82) is 0 Å². The lowest BCUT2D eigenvalue weighted by Crippen LogP contribution is -2.02. The summed E-state index contributed by atoms with van der Waals surface area (Å²) in [6.07, 6.45) is 0.467. The Labute approximate surface area is 106 Å². The molecule has 0 saturated carbocycles. The minimum absolute atomic E-state index is 0.319. The maximum absolute atomic E-state index is 12.3. The SMILES string of the molecule is Cc1nc(CNc2cccc(CCF)c2)[nH]c1C. The Morgan fingerprint density at radius 3 is 2.83 bits per heavy atom. The number of nitrogens with one attached hydrogen (secondary N) is 2. The van der Waals surface area contributed by atoms with E-state index in [-0.39, 0.29) is 6.67 Å². The summed E-state index contributed by atoms with van der Waals surface area (Å²) in [5, 5.41) is 3.28. The Balaban J connectivity index is 1.99. The van der Waals surface area contributed by atoms with Crippen LogP contribution in [0.25, 0.3) is 0 Å². The first kappa shape index (κ1) is 12.6. The fourth-order valence-electron chi connectivity index (χ4n) is 1.84. The van der Waals surface area contributed by atoms with Crippen molar-refractivity contribution in [2.75, 3.05) is 12.0 Å². The van der Waals surface area contributed by atoms with Crippen LogP contribution in [-0.2, 0) is 13.0 Å². The summed E-state index contributed by atoms with van der Waals surface area (Å²) in [6.45, 7) is 4.32. The van der Waals surface area contributed by atoms with Crippen molar-refractivity contribution in [3.63, 3.8) is 0 Å². The van der Waals surface area contributed by atoms with Crippen LogP contribution in [0.4, 0.5) is 10.1 Å². The molecule has 3 nitrogen and oxygen atoms in total. The third-order valence-corrected chi connectivity index (χ3v) is 2.95. The zero-order valence-corrected chi connectivity index (χ0v) is 10.8. The van der Waals surface area contributed by atoms with Crippen LogP contribution in [0.15, 0.2) is 24.3 Å². The number of alkyl halides is 1. The van der Waals surface area contributed by atoms with Gasteiger partial charge in [-0.05, 0) is 31.5 Å². The van der Waals surface area contributed by atoms with Crippen molar-refractivity contribution >= 4 is 5.69 Å². The minimum Gasteiger partial charge on any atom is -0.378 e. The number of aryl methyl sites for hydroxylation is 3. The van der Waals surface area contributed by atoms with Gasteiger partial charge in [0.05, 0.1) is 18.9 Å². The van der Waals surface area contributed by atoms with Gasteiger partial charge in [-0.15, -0.1) is 0 Å². The van der Waals surface area contributed by atoms with Gasteiger partial charge in [-0.25, -0.2) is 4.98 Å². The normalized spacial score (nSPS) is 10.6. The molecule has 1 aromatic heterocycles. The number of H-pyrrole nitrogens is 1. The molecular weight excluding hydrogens is 229 g/mol. The third-order valence-electron chi connectivity index (χ3n) is 2.95. The zero-order valence-electron chi connectivity index (χ0n) is 10.8. The average Bonchev–Trinajstić information content (AvgIpc) is 2.67. The van der Waals surface area contributed by atoms with Gasteiger partial charge in [0.15, 0.2) is 0 Å². The fraction of sp³-hybridized carbons (Fsp3) is 0.357. The van der Waals surface area contributed by atoms with Crippen molar-refractivity contribution in [2.24, 2.45) is 0 Å². The quantitative estimate of drug-likeness (QED) is 0.852. The molecule has 2 N–H and O–H groups in total. The van der Waals surface area contributed by atoms with Crippen LogP contribution in [0, 0.1) is 13.8 Å². The lowest BCUT2D eigenvalue weighted by Gasteiger charge is -2.06. The number of hydrogen-bond acceptors (Lipinski definition) is 2. The highest BCUT2D eigenvalue weighted by molar-refractivity contribution is 5.45. The molecule has 2 rings (SSSR count). The first-order chi connectivity index (χ1) is 8.69. The molecule has 0 fully saturated rings. The molecule has 0 unspecified atom stereocenters. The first-order valence-electron chi connectivity index (χ1n) is 6.10. The molecule has 4 heteroatoms. The van der Waals surface area contributed by atoms with Gasteiger partial charge in [0.1, 0.15) is 5.82 Å². The maximum atomic E-state index is 12.3. The molecule has 0 bridgehead atoms. The highest BCUT2D eigenvalue weighted by Gasteiger charge is 2.02. The molecule has 1 heterocycles. The topological polar surface area (TPSA) is 40.7 Å². The molecule has 18 heavy (non-hydrogen) atoms. The van der Waals surface area contributed by atoms with E-state index < -0.39 is 0 Å². The van der Waals surface area contributed by atoms with Gasteiger partial charge in [0.25, 0.3) is 0 Å². The van der Waals surface area contributed by atoms with Crippen molar-refractivity contribution in [3.05, 3.63) is 47.0 Å². The van der Waals surface area contributed by atoms with Gasteiger partial charge < -0.3 is 10.3 Å². The zero-order chi connectivity index (χ0) is 13.0. The van der Waals surface area contributed by atoms with E-state index in [4.69, 9.17) is 0 Å². The van der Waals surface area contributed by atoms with Gasteiger partial charge in [-0.2, -0.15) is 0 Å². The molecule has 0 aliphatic carbocycles. The molecule has 2 aromatic rings. The van der Waals surface area contributed by atoms with E-state index in [1.807, 2.05) is 38.1 Å². The standard InChI is InChI=1S/C14H18FN3/c1-10-11(2)18-14(17-10)9-16-13-5-3-4-12(8-13)6-7-15/h3-5,8,16H,6-7,9H2,1-2H3,(H,17,18). The van der Waals surface area contributed by atoms with Gasteiger partial charge in [-0.1, -0.05) is 12.1 Å². The number of hydrogen-bond donors (Lipinski definition) is 2. The van der Waals surface area contributed by atoms with Gasteiger partial charge in [-0.3, -0.25) is 4.39 Å². The predicted octanol–water partition coefficient (Wildman–Crippen LogP) is 3.15. The third kappa shape index (κ3) is 3.09. The number of halogens is 1. The highest BCUT2D eigenvalue weighted by Crippen LogP contribution is 2.12. The summed E-state index contributed by atoms with van der Waals surface area (Å²) >= 11 is 0. The number of rotatable bonds is 5. The van der Waals surface area contributed by atoms with Crippen molar-refractivity contribution < 1.29 is 4.39 Å². The van der Waals surface area contributed by atoms with Crippen molar-refractivity contribution in [1.82, 2.24) is 9.97 Å². The summed E-state index contributed by atoms with van der Waals surface area (Å²) in [5.74, 6) is 0.917. The fourth-order valence-corrected chi connectivity index (χ4v) is 1.84. The second-order valence-electron chi connectivity index (χ2n) is 4.39. The second kappa shape index (κ2) is 5.67. The Hall–Kier alpha value is -1.84. The maximum Gasteiger partial charge on any atom is 0.125 e. The molecule has 0 atom stereocenters. The average molecular weight is 247 g/mol. The van der Waals surface area contributed by atoms with Crippen LogP contribution in [0.3, 0.4) is 0 Å². The number of aromatic amines is 1. The van der Waals surface area contributed by atoms with E-state index in [2.05, 4.69) is 15.3 Å². The van der Waals surface area contributed by atoms with Gasteiger partial charge >= 0.3 is 0 Å². The Bertz CT molecular complexity index is 500. The van der Waals surface area contributed by atoms with Crippen LogP contribution in [-0.4, -0.2) is 16.6 Å². The summed E-state index contributed by atoms with van der Waals surface area (Å²) < 4.78 is 12.3. The van der Waals surface area contributed by atoms with E-state index in [1.54, 1.807) is 0 Å². The lowest BCUT2D eigenvalue weighted by atomic mass is 10.1. The number of nitrogens with zero attached hydrogens (tertiary/aromatic N) is 1. The van der Waals surface area contributed by atoms with Crippen LogP contribution in [0.5, 0.6) is 0 Å². The van der Waals surface area contributed by atoms with E-state index in [1.165, 1.54) is 0 Å². The van der Waals surface area contributed by atoms with Crippen LogP contribution in [0.1, 0.15) is 22.8 Å². The van der Waals surface area contributed by atoms with Crippen molar-refractivity contribution in [3.8, 4) is 0 Å². The smallest absolute Gasteiger partial charge is 0.125 e. The van der Waals surface area contributed by atoms with E-state index in [0.29, 0.717) is 13.0 Å². The Morgan fingerprint density at radius 2 is 2.17 bits per heavy atom. The van der Waals surface area contributed by atoms with E-state index >= 15 is 0 Å². The molecule has 0 amide bonds. The van der Waals surface area contributed by atoms with Crippen LogP contribution >= 0.6 is 0 Å². The van der Waals surface area contributed by atoms with E-state index in [0.717, 1.165) is 28.5 Å². The summed E-state index contributed by atoms with van der Waals surface area (Å²) in [6, 6.07) is 7.82. The van der Waals surface area contributed by atoms with E-state index in [9.17, 15) is 4.39 Å². The lowest BCUT2D eigenvalue weighted by molar-refractivity contribution is 0.495. The molecule has 0 saturated heterocycles. The second-order valence-corrected chi connectivity index (χ2v) is 4.39. The van der Waals surface area contributed by atoms with Crippen molar-refractivity contribution in [2.45, 2.75) is 26.8 Å². The molecule has 0 aliphatic rings. The molecule has 1 aromatic carbocycles. The number of anilines is 1. The number of benzene rings is 1. The van der Waals surface area contributed by atoms with Gasteiger partial charge in [0, 0.05) is 17.8 Å². The molecule has 0 spiro atoms. The number of aromatic nitrogens is 2. The summed E-state index contributed by atoms with van der Waals surface area (Å²) in [4.78, 5) is 7.63. The first-order valence-corrected chi connectivity index (χ1v) is 6.10. The Morgan fingerprint density at radius 1 is 1.33 bits per heavy atom. The van der Waals surface area contributed by atoms with Crippen LogP contribution < -0.4 is 5.32 Å². The minimum atomic E-state index is -0.319. The van der Waals surface area contributed by atoms with Crippen LogP contribution in [0.2, 0.25) is 0 Å².